The minimum absolute atomic E-state index is 0.0324. The number of nitrogens with one attached hydrogen (secondary N) is 2. The first-order chi connectivity index (χ1) is 17.6. The number of aliphatic imine (C=N–C) groups is 1. The summed E-state index contributed by atoms with van der Waals surface area (Å²) >= 11 is 0. The summed E-state index contributed by atoms with van der Waals surface area (Å²) in [6.45, 7) is 9.67. The molecule has 0 aliphatic carbocycles. The highest BCUT2D eigenvalue weighted by Gasteiger charge is 2.21. The first kappa shape index (κ1) is 29.8. The van der Waals surface area contributed by atoms with E-state index in [2.05, 4.69) is 15.6 Å². The van der Waals surface area contributed by atoms with Gasteiger partial charge >= 0.3 is 18.2 Å². The van der Waals surface area contributed by atoms with Crippen molar-refractivity contribution < 1.29 is 38.5 Å². The van der Waals surface area contributed by atoms with Gasteiger partial charge in [0.05, 0.1) is 17.9 Å². The van der Waals surface area contributed by atoms with Gasteiger partial charge in [-0.2, -0.15) is 0 Å². The molecule has 0 heterocycles. The van der Waals surface area contributed by atoms with Crippen molar-refractivity contribution in [3.8, 4) is 5.75 Å². The Balaban J connectivity index is 2.22. The first-order valence-corrected chi connectivity index (χ1v) is 11.5. The van der Waals surface area contributed by atoms with Crippen molar-refractivity contribution in [1.82, 2.24) is 10.6 Å². The second-order valence-corrected chi connectivity index (χ2v) is 9.99. The predicted octanol–water partition coefficient (Wildman–Crippen LogP) is 3.53. The van der Waals surface area contributed by atoms with E-state index in [1.807, 2.05) is 0 Å². The van der Waals surface area contributed by atoms with E-state index >= 15 is 0 Å². The lowest BCUT2D eigenvalue weighted by Gasteiger charge is -2.22. The third-order valence-corrected chi connectivity index (χ3v) is 4.31. The number of alkyl carbamates (subject to hydrolysis) is 2. The molecular formula is C26H32N4O8. The third-order valence-electron chi connectivity index (χ3n) is 4.31. The molecule has 12 heteroatoms. The Morgan fingerprint density at radius 1 is 0.868 bits per heavy atom. The first-order valence-electron chi connectivity index (χ1n) is 11.5. The SMILES string of the molecule is CC(C)(C)OC(=O)NC(=Nc1ccc(C(=O)Oc2ccc(CO)c(C(N)=O)c2)cc1)NC(=O)OC(C)(C)C. The number of carbonyl (C=O) groups excluding carboxylic acids is 4. The highest BCUT2D eigenvalue weighted by atomic mass is 16.6. The van der Waals surface area contributed by atoms with Crippen LogP contribution in [0, 0.1) is 0 Å². The molecule has 0 spiro atoms. The van der Waals surface area contributed by atoms with Crippen molar-refractivity contribution in [2.75, 3.05) is 0 Å². The lowest BCUT2D eigenvalue weighted by Crippen LogP contribution is -2.47. The third kappa shape index (κ3) is 9.90. The Morgan fingerprint density at radius 3 is 1.84 bits per heavy atom. The van der Waals surface area contributed by atoms with Gasteiger partial charge in [-0.15, -0.1) is 0 Å². The zero-order chi connectivity index (χ0) is 28.7. The maximum absolute atomic E-state index is 12.6. The van der Waals surface area contributed by atoms with Crippen LogP contribution in [0.2, 0.25) is 0 Å². The quantitative estimate of drug-likeness (QED) is 0.197. The number of primary amides is 1. The Hall–Kier alpha value is -4.45. The van der Waals surface area contributed by atoms with Crippen LogP contribution < -0.4 is 21.1 Å². The van der Waals surface area contributed by atoms with Gasteiger partial charge in [-0.3, -0.25) is 15.4 Å². The summed E-state index contributed by atoms with van der Waals surface area (Å²) in [5.74, 6) is -1.70. The fourth-order valence-corrected chi connectivity index (χ4v) is 2.84. The fourth-order valence-electron chi connectivity index (χ4n) is 2.84. The summed E-state index contributed by atoms with van der Waals surface area (Å²) < 4.78 is 15.7. The number of nitrogens with zero attached hydrogens (tertiary/aromatic N) is 1. The van der Waals surface area contributed by atoms with Crippen LogP contribution in [-0.4, -0.2) is 46.3 Å². The number of ether oxygens (including phenoxy) is 3. The van der Waals surface area contributed by atoms with E-state index in [-0.39, 0.29) is 28.5 Å². The number of carbonyl (C=O) groups is 4. The van der Waals surface area contributed by atoms with Crippen LogP contribution in [0.4, 0.5) is 15.3 Å². The maximum Gasteiger partial charge on any atom is 0.414 e. The average Bonchev–Trinajstić information content (AvgIpc) is 2.76. The van der Waals surface area contributed by atoms with E-state index in [4.69, 9.17) is 19.9 Å². The summed E-state index contributed by atoms with van der Waals surface area (Å²) in [5.41, 5.74) is 4.48. The number of amides is 3. The van der Waals surface area contributed by atoms with Crippen molar-refractivity contribution >= 4 is 35.7 Å². The van der Waals surface area contributed by atoms with E-state index < -0.39 is 41.9 Å². The standard InChI is InChI=1S/C26H32N4O8/c1-25(2,3)37-23(34)29-22(30-24(35)38-26(4,5)6)28-17-10-7-15(8-11-17)21(33)36-18-12-9-16(14-31)19(13-18)20(27)32/h7-13,31H,14H2,1-6H3,(H2,27,32)(H2,28,29,30,34,35). The number of benzene rings is 2. The Labute approximate surface area is 220 Å². The largest absolute Gasteiger partial charge is 0.444 e. The number of hydrogen-bond acceptors (Lipinski definition) is 9. The van der Waals surface area contributed by atoms with Gasteiger partial charge in [-0.25, -0.2) is 19.4 Å². The van der Waals surface area contributed by atoms with Gasteiger partial charge in [-0.05, 0) is 83.5 Å². The van der Waals surface area contributed by atoms with Gasteiger partial charge < -0.3 is 25.1 Å². The van der Waals surface area contributed by atoms with E-state index in [9.17, 15) is 24.3 Å². The number of aliphatic hydroxyl groups excluding tert-OH is 1. The summed E-state index contributed by atoms with van der Waals surface area (Å²) in [6, 6.07) is 9.85. The zero-order valence-corrected chi connectivity index (χ0v) is 22.1. The number of guanidine groups is 1. The number of esters is 1. The molecule has 2 aromatic carbocycles. The summed E-state index contributed by atoms with van der Waals surface area (Å²) in [4.78, 5) is 52.8. The van der Waals surface area contributed by atoms with Crippen LogP contribution >= 0.6 is 0 Å². The average molecular weight is 529 g/mol. The lowest BCUT2D eigenvalue weighted by molar-refractivity contribution is 0.0544. The van der Waals surface area contributed by atoms with Crippen molar-refractivity contribution in [3.63, 3.8) is 0 Å². The van der Waals surface area contributed by atoms with Gasteiger partial charge in [0.15, 0.2) is 0 Å². The molecule has 0 unspecified atom stereocenters. The summed E-state index contributed by atoms with van der Waals surface area (Å²) in [7, 11) is 0. The molecule has 0 aromatic heterocycles. The van der Waals surface area contributed by atoms with Gasteiger partial charge in [0.2, 0.25) is 11.9 Å². The molecule has 0 radical (unpaired) electrons. The molecule has 0 aliphatic heterocycles. The van der Waals surface area contributed by atoms with Crippen LogP contribution in [0.5, 0.6) is 5.75 Å². The second-order valence-electron chi connectivity index (χ2n) is 9.99. The van der Waals surface area contributed by atoms with Crippen LogP contribution in [0.25, 0.3) is 0 Å². The minimum Gasteiger partial charge on any atom is -0.444 e. The molecule has 0 aliphatic rings. The van der Waals surface area contributed by atoms with E-state index in [1.54, 1.807) is 41.5 Å². The Bertz CT molecular complexity index is 1190. The molecular weight excluding hydrogens is 496 g/mol. The topological polar surface area (TPSA) is 179 Å². The number of rotatable bonds is 5. The summed E-state index contributed by atoms with van der Waals surface area (Å²) in [5, 5.41) is 14.0. The molecule has 5 N–H and O–H groups in total. The van der Waals surface area contributed by atoms with Crippen molar-refractivity contribution in [2.24, 2.45) is 10.7 Å². The minimum atomic E-state index is -0.852. The Kier molecular flexibility index (Phi) is 9.55. The van der Waals surface area contributed by atoms with Crippen molar-refractivity contribution in [2.45, 2.75) is 59.4 Å². The number of aliphatic hydroxyl groups is 1. The monoisotopic (exact) mass is 528 g/mol. The maximum atomic E-state index is 12.6. The van der Waals surface area contributed by atoms with E-state index in [0.717, 1.165) is 0 Å². The van der Waals surface area contributed by atoms with Crippen molar-refractivity contribution in [1.29, 1.82) is 0 Å². The van der Waals surface area contributed by atoms with E-state index in [0.29, 0.717) is 5.56 Å². The zero-order valence-electron chi connectivity index (χ0n) is 22.1. The number of nitrogens with two attached hydrogens (primary N) is 1. The lowest BCUT2D eigenvalue weighted by atomic mass is 10.1. The molecule has 0 saturated heterocycles. The molecule has 12 nitrogen and oxygen atoms in total. The smallest absolute Gasteiger partial charge is 0.414 e. The second kappa shape index (κ2) is 12.2. The molecule has 0 saturated carbocycles. The van der Waals surface area contributed by atoms with E-state index in [1.165, 1.54) is 42.5 Å². The van der Waals surface area contributed by atoms with Gasteiger partial charge in [0, 0.05) is 5.56 Å². The van der Waals surface area contributed by atoms with Gasteiger partial charge in [0.25, 0.3) is 0 Å². The molecule has 38 heavy (non-hydrogen) atoms. The highest BCUT2D eigenvalue weighted by Crippen LogP contribution is 2.20. The van der Waals surface area contributed by atoms with Crippen LogP contribution in [0.1, 0.15) is 67.8 Å². The molecule has 3 amide bonds. The fraction of sp³-hybridized carbons (Fsp3) is 0.346. The van der Waals surface area contributed by atoms with Crippen LogP contribution in [-0.2, 0) is 16.1 Å². The number of hydrogen-bond donors (Lipinski definition) is 4. The molecule has 0 atom stereocenters. The molecule has 0 bridgehead atoms. The normalized spacial score (nSPS) is 11.1. The van der Waals surface area contributed by atoms with Gasteiger partial charge in [-0.1, -0.05) is 6.07 Å². The summed E-state index contributed by atoms with van der Waals surface area (Å²) in [6.07, 6.45) is -1.70. The highest BCUT2D eigenvalue weighted by molar-refractivity contribution is 6.02. The molecule has 2 rings (SSSR count). The predicted molar refractivity (Wildman–Crippen MR) is 138 cm³/mol. The Morgan fingerprint density at radius 2 is 1.39 bits per heavy atom. The molecule has 0 fully saturated rings. The molecule has 2 aromatic rings. The van der Waals surface area contributed by atoms with Crippen molar-refractivity contribution in [3.05, 3.63) is 59.2 Å². The van der Waals surface area contributed by atoms with Crippen LogP contribution in [0.15, 0.2) is 47.5 Å². The van der Waals surface area contributed by atoms with Crippen LogP contribution in [0.3, 0.4) is 0 Å². The molecule has 204 valence electrons. The van der Waals surface area contributed by atoms with Gasteiger partial charge in [0.1, 0.15) is 17.0 Å².